The number of carbonyl (C=O) groups excluding carboxylic acids is 1. The molecule has 0 radical (unpaired) electrons. The largest absolute Gasteiger partial charge is 0.495 e. The van der Waals surface area contributed by atoms with Gasteiger partial charge in [-0.05, 0) is 37.1 Å². The Bertz CT molecular complexity index is 857. The van der Waals surface area contributed by atoms with Crippen molar-refractivity contribution < 1.29 is 22.3 Å². The Balaban J connectivity index is 2.34. The molecule has 0 saturated carbocycles. The van der Waals surface area contributed by atoms with Crippen LogP contribution in [0.15, 0.2) is 53.4 Å². The molecule has 1 unspecified atom stereocenters. The van der Waals surface area contributed by atoms with E-state index in [0.29, 0.717) is 6.54 Å². The highest BCUT2D eigenvalue weighted by Gasteiger charge is 2.28. The molecule has 2 aromatic carbocycles. The number of hydrogen-bond donors (Lipinski definition) is 2. The zero-order valence-corrected chi connectivity index (χ0v) is 15.3. The fourth-order valence-corrected chi connectivity index (χ4v) is 3.82. The first kappa shape index (κ1) is 19.9. The average Bonchev–Trinajstić information content (AvgIpc) is 2.62. The van der Waals surface area contributed by atoms with Crippen LogP contribution in [0.5, 0.6) is 5.75 Å². The number of ether oxygens (including phenoxy) is 1. The van der Waals surface area contributed by atoms with E-state index in [1.54, 1.807) is 31.2 Å². The summed E-state index contributed by atoms with van der Waals surface area (Å²) in [6, 6.07) is 11.2. The Kier molecular flexibility index (Phi) is 6.70. The number of carbonyl (C=O) groups is 1. The molecule has 6 nitrogen and oxygen atoms in total. The van der Waals surface area contributed by atoms with Crippen LogP contribution in [0.25, 0.3) is 0 Å². The van der Waals surface area contributed by atoms with Gasteiger partial charge in [0.1, 0.15) is 22.5 Å². The molecule has 1 atom stereocenters. The average molecular weight is 380 g/mol. The molecule has 0 heterocycles. The second-order valence-electron chi connectivity index (χ2n) is 5.55. The van der Waals surface area contributed by atoms with Crippen molar-refractivity contribution >= 4 is 15.9 Å². The number of halogens is 1. The standard InChI is InChI=1S/C18H21FN2O4S/c1-3-20-18(22)15(11-13-7-5-4-6-8-13)21-26(23,24)17-12-14(19)9-10-16(17)25-2/h4-10,12,15,21H,3,11H2,1-2H3,(H,20,22). The maximum atomic E-state index is 13.6. The second kappa shape index (κ2) is 8.77. The summed E-state index contributed by atoms with van der Waals surface area (Å²) in [5.41, 5.74) is 0.790. The van der Waals surface area contributed by atoms with Crippen LogP contribution in [0.2, 0.25) is 0 Å². The first-order chi connectivity index (χ1) is 12.4. The van der Waals surface area contributed by atoms with Crippen LogP contribution in [0.1, 0.15) is 12.5 Å². The van der Waals surface area contributed by atoms with E-state index < -0.39 is 27.8 Å². The Morgan fingerprint density at radius 1 is 1.19 bits per heavy atom. The molecule has 0 aliphatic heterocycles. The lowest BCUT2D eigenvalue weighted by atomic mass is 10.1. The molecule has 140 valence electrons. The Hall–Kier alpha value is -2.45. The third-order valence-corrected chi connectivity index (χ3v) is 5.16. The van der Waals surface area contributed by atoms with Crippen LogP contribution in [0.3, 0.4) is 0 Å². The first-order valence-corrected chi connectivity index (χ1v) is 9.53. The topological polar surface area (TPSA) is 84.5 Å². The van der Waals surface area contributed by atoms with Crippen molar-refractivity contribution in [2.75, 3.05) is 13.7 Å². The number of nitrogens with one attached hydrogen (secondary N) is 2. The zero-order valence-electron chi connectivity index (χ0n) is 14.5. The fraction of sp³-hybridized carbons (Fsp3) is 0.278. The molecule has 0 fully saturated rings. The molecule has 2 N–H and O–H groups in total. The smallest absolute Gasteiger partial charge is 0.245 e. The molecule has 2 rings (SSSR count). The van der Waals surface area contributed by atoms with Gasteiger partial charge in [-0.3, -0.25) is 4.79 Å². The number of benzene rings is 2. The minimum absolute atomic E-state index is 0.00624. The van der Waals surface area contributed by atoms with Crippen LogP contribution in [0, 0.1) is 5.82 Å². The van der Waals surface area contributed by atoms with E-state index in [1.807, 2.05) is 6.07 Å². The number of methoxy groups -OCH3 is 1. The first-order valence-electron chi connectivity index (χ1n) is 8.05. The van der Waals surface area contributed by atoms with Crippen molar-refractivity contribution in [3.8, 4) is 5.75 Å². The quantitative estimate of drug-likeness (QED) is 0.732. The van der Waals surface area contributed by atoms with E-state index in [-0.39, 0.29) is 17.1 Å². The van der Waals surface area contributed by atoms with Gasteiger partial charge in [-0.1, -0.05) is 30.3 Å². The third kappa shape index (κ3) is 5.03. The normalized spacial score (nSPS) is 12.4. The third-order valence-electron chi connectivity index (χ3n) is 3.66. The van der Waals surface area contributed by atoms with E-state index >= 15 is 0 Å². The molecule has 0 saturated heterocycles. The van der Waals surface area contributed by atoms with Gasteiger partial charge in [-0.15, -0.1) is 0 Å². The molecule has 0 aliphatic rings. The van der Waals surface area contributed by atoms with E-state index in [9.17, 15) is 17.6 Å². The number of sulfonamides is 1. The predicted octanol–water partition coefficient (Wildman–Crippen LogP) is 1.86. The molecule has 26 heavy (non-hydrogen) atoms. The van der Waals surface area contributed by atoms with Gasteiger partial charge in [0, 0.05) is 6.54 Å². The highest BCUT2D eigenvalue weighted by atomic mass is 32.2. The van der Waals surface area contributed by atoms with Gasteiger partial charge in [-0.2, -0.15) is 4.72 Å². The SMILES string of the molecule is CCNC(=O)C(Cc1ccccc1)NS(=O)(=O)c1cc(F)ccc1OC. The monoisotopic (exact) mass is 380 g/mol. The summed E-state index contributed by atoms with van der Waals surface area (Å²) in [6.07, 6.45) is 0.156. The van der Waals surface area contributed by atoms with Gasteiger partial charge in [0.15, 0.2) is 0 Å². The van der Waals surface area contributed by atoms with E-state index in [2.05, 4.69) is 10.0 Å². The summed E-state index contributed by atoms with van der Waals surface area (Å²) >= 11 is 0. The predicted molar refractivity (Wildman–Crippen MR) is 95.9 cm³/mol. The lowest BCUT2D eigenvalue weighted by molar-refractivity contribution is -0.122. The van der Waals surface area contributed by atoms with Crippen molar-refractivity contribution in [3.63, 3.8) is 0 Å². The van der Waals surface area contributed by atoms with Gasteiger partial charge >= 0.3 is 0 Å². The highest BCUT2D eigenvalue weighted by Crippen LogP contribution is 2.24. The summed E-state index contributed by atoms with van der Waals surface area (Å²) in [5, 5.41) is 2.61. The van der Waals surface area contributed by atoms with Crippen molar-refractivity contribution in [2.45, 2.75) is 24.3 Å². The van der Waals surface area contributed by atoms with Crippen molar-refractivity contribution in [1.29, 1.82) is 0 Å². The van der Waals surface area contributed by atoms with Gasteiger partial charge in [-0.25, -0.2) is 12.8 Å². The molecular weight excluding hydrogens is 359 g/mol. The summed E-state index contributed by atoms with van der Waals surface area (Å²) < 4.78 is 46.4. The maximum absolute atomic E-state index is 13.6. The van der Waals surface area contributed by atoms with Crippen LogP contribution in [0.4, 0.5) is 4.39 Å². The number of hydrogen-bond acceptors (Lipinski definition) is 4. The summed E-state index contributed by atoms with van der Waals surface area (Å²) in [4.78, 5) is 12.0. The van der Waals surface area contributed by atoms with Crippen LogP contribution < -0.4 is 14.8 Å². The van der Waals surface area contributed by atoms with Crippen LogP contribution in [-0.2, 0) is 21.2 Å². The fourth-order valence-electron chi connectivity index (χ4n) is 2.45. The molecule has 2 aromatic rings. The lowest BCUT2D eigenvalue weighted by Gasteiger charge is -2.19. The minimum Gasteiger partial charge on any atom is -0.495 e. The maximum Gasteiger partial charge on any atom is 0.245 e. The molecule has 1 amide bonds. The molecule has 0 bridgehead atoms. The van der Waals surface area contributed by atoms with Crippen molar-refractivity contribution in [1.82, 2.24) is 10.0 Å². The molecular formula is C18H21FN2O4S. The summed E-state index contributed by atoms with van der Waals surface area (Å²) in [5.74, 6) is -1.19. The summed E-state index contributed by atoms with van der Waals surface area (Å²) in [7, 11) is -2.89. The molecule has 0 aliphatic carbocycles. The van der Waals surface area contributed by atoms with E-state index in [1.165, 1.54) is 13.2 Å². The molecule has 0 spiro atoms. The van der Waals surface area contributed by atoms with Crippen LogP contribution in [-0.4, -0.2) is 34.0 Å². The molecule has 8 heteroatoms. The Morgan fingerprint density at radius 3 is 2.50 bits per heavy atom. The zero-order chi connectivity index (χ0) is 19.2. The number of rotatable bonds is 8. The van der Waals surface area contributed by atoms with E-state index in [4.69, 9.17) is 4.74 Å². The van der Waals surface area contributed by atoms with Gasteiger partial charge < -0.3 is 10.1 Å². The van der Waals surface area contributed by atoms with Gasteiger partial charge in [0.25, 0.3) is 0 Å². The van der Waals surface area contributed by atoms with Gasteiger partial charge in [0.2, 0.25) is 15.9 Å². The van der Waals surface area contributed by atoms with Crippen molar-refractivity contribution in [2.24, 2.45) is 0 Å². The lowest BCUT2D eigenvalue weighted by Crippen LogP contribution is -2.47. The summed E-state index contributed by atoms with van der Waals surface area (Å²) in [6.45, 7) is 2.09. The molecule has 0 aromatic heterocycles. The Labute approximate surface area is 152 Å². The minimum atomic E-state index is -4.18. The van der Waals surface area contributed by atoms with E-state index in [0.717, 1.165) is 17.7 Å². The van der Waals surface area contributed by atoms with Crippen LogP contribution >= 0.6 is 0 Å². The highest BCUT2D eigenvalue weighted by molar-refractivity contribution is 7.89. The second-order valence-corrected chi connectivity index (χ2v) is 7.24. The van der Waals surface area contributed by atoms with Gasteiger partial charge in [0.05, 0.1) is 7.11 Å². The Morgan fingerprint density at radius 2 is 1.88 bits per heavy atom. The number of likely N-dealkylation sites (N-methyl/N-ethyl adjacent to an activating group) is 1. The van der Waals surface area contributed by atoms with Crippen molar-refractivity contribution in [3.05, 3.63) is 59.9 Å². The number of amides is 1.